The Labute approximate surface area is 158 Å². The van der Waals surface area contributed by atoms with Gasteiger partial charge in [0.05, 0.1) is 5.56 Å². The molecule has 4 heteroatoms. The monoisotopic (exact) mass is 360 g/mol. The summed E-state index contributed by atoms with van der Waals surface area (Å²) in [7, 11) is 0. The van der Waals surface area contributed by atoms with Gasteiger partial charge in [-0.2, -0.15) is 0 Å². The van der Waals surface area contributed by atoms with Crippen molar-refractivity contribution in [2.75, 3.05) is 0 Å². The Kier molecular flexibility index (Phi) is 4.32. The number of hydrogen-bond donors (Lipinski definition) is 0. The molecule has 2 heterocycles. The fourth-order valence-corrected chi connectivity index (χ4v) is 3.11. The van der Waals surface area contributed by atoms with Gasteiger partial charge in [-0.15, -0.1) is 0 Å². The van der Waals surface area contributed by atoms with Crippen molar-refractivity contribution in [3.8, 4) is 11.5 Å². The summed E-state index contributed by atoms with van der Waals surface area (Å²) < 4.78 is 17.4. The lowest BCUT2D eigenvalue weighted by Gasteiger charge is -2.12. The summed E-state index contributed by atoms with van der Waals surface area (Å²) in [4.78, 5) is 12.6. The third-order valence-corrected chi connectivity index (χ3v) is 4.72. The Bertz CT molecular complexity index is 1060. The number of fused-ring (bicyclic) bond motifs is 1. The molecule has 4 rings (SSSR count). The summed E-state index contributed by atoms with van der Waals surface area (Å²) in [6, 6.07) is 15.4. The van der Waals surface area contributed by atoms with Crippen LogP contribution in [-0.4, -0.2) is 5.78 Å². The van der Waals surface area contributed by atoms with Crippen LogP contribution in [0.25, 0.3) is 6.08 Å². The van der Waals surface area contributed by atoms with E-state index >= 15 is 0 Å². The van der Waals surface area contributed by atoms with Crippen molar-refractivity contribution in [2.45, 2.75) is 27.4 Å². The van der Waals surface area contributed by atoms with Crippen molar-refractivity contribution in [1.82, 2.24) is 0 Å². The highest BCUT2D eigenvalue weighted by Gasteiger charge is 2.30. The molecule has 0 saturated carbocycles. The number of rotatable bonds is 4. The number of ether oxygens (including phenoxy) is 2. The van der Waals surface area contributed by atoms with Crippen molar-refractivity contribution in [3.63, 3.8) is 0 Å². The summed E-state index contributed by atoms with van der Waals surface area (Å²) in [6.07, 6.45) is 1.63. The van der Waals surface area contributed by atoms with Crippen molar-refractivity contribution in [1.29, 1.82) is 0 Å². The minimum Gasteiger partial charge on any atom is -0.488 e. The first-order valence-corrected chi connectivity index (χ1v) is 8.84. The summed E-state index contributed by atoms with van der Waals surface area (Å²) in [5, 5.41) is 0. The van der Waals surface area contributed by atoms with E-state index < -0.39 is 0 Å². The zero-order valence-corrected chi connectivity index (χ0v) is 15.5. The second kappa shape index (κ2) is 6.80. The lowest BCUT2D eigenvalue weighted by molar-refractivity contribution is 0.101. The second-order valence-electron chi connectivity index (χ2n) is 6.67. The minimum atomic E-state index is -0.146. The highest BCUT2D eigenvalue weighted by Crippen LogP contribution is 2.39. The molecule has 0 amide bonds. The quantitative estimate of drug-likeness (QED) is 0.585. The first-order valence-electron chi connectivity index (χ1n) is 8.84. The number of Topliss-reactive ketones (excluding diaryl/α,β-unsaturated/α-hetero) is 1. The van der Waals surface area contributed by atoms with E-state index in [0.717, 1.165) is 16.9 Å². The third-order valence-electron chi connectivity index (χ3n) is 4.72. The largest absolute Gasteiger partial charge is 0.488 e. The molecule has 0 bridgehead atoms. The number of carbonyl (C=O) groups excluding carboxylic acids is 1. The Balaban J connectivity index is 1.58. The minimum absolute atomic E-state index is 0.146. The van der Waals surface area contributed by atoms with Crippen LogP contribution < -0.4 is 9.47 Å². The summed E-state index contributed by atoms with van der Waals surface area (Å²) in [6.45, 7) is 6.29. The molecule has 0 unspecified atom stereocenters. The van der Waals surface area contributed by atoms with Crippen LogP contribution >= 0.6 is 0 Å². The van der Waals surface area contributed by atoms with Crippen molar-refractivity contribution in [2.24, 2.45) is 0 Å². The average molecular weight is 360 g/mol. The number of ketones is 1. The summed E-state index contributed by atoms with van der Waals surface area (Å²) in [5.41, 5.74) is 3.67. The highest BCUT2D eigenvalue weighted by molar-refractivity contribution is 6.14. The number of aryl methyl sites for hydroxylation is 2. The number of hydrogen-bond acceptors (Lipinski definition) is 4. The van der Waals surface area contributed by atoms with Crippen LogP contribution in [0.15, 0.2) is 58.7 Å². The summed E-state index contributed by atoms with van der Waals surface area (Å²) >= 11 is 0. The van der Waals surface area contributed by atoms with Crippen LogP contribution in [0.5, 0.6) is 11.5 Å². The van der Waals surface area contributed by atoms with Crippen LogP contribution in [-0.2, 0) is 6.61 Å². The molecule has 0 saturated heterocycles. The van der Waals surface area contributed by atoms with Crippen LogP contribution in [0, 0.1) is 20.8 Å². The topological polar surface area (TPSA) is 48.7 Å². The van der Waals surface area contributed by atoms with Crippen LogP contribution in [0.1, 0.15) is 38.6 Å². The van der Waals surface area contributed by atoms with Crippen LogP contribution in [0.3, 0.4) is 0 Å². The van der Waals surface area contributed by atoms with Gasteiger partial charge in [0, 0.05) is 11.6 Å². The van der Waals surface area contributed by atoms with Gasteiger partial charge in [-0.25, -0.2) is 0 Å². The average Bonchev–Trinajstić information content (AvgIpc) is 3.20. The number of furan rings is 1. The molecule has 3 aromatic rings. The molecule has 4 nitrogen and oxygen atoms in total. The molecular weight excluding hydrogens is 340 g/mol. The molecule has 1 aliphatic rings. The van der Waals surface area contributed by atoms with Gasteiger partial charge in [0.25, 0.3) is 0 Å². The van der Waals surface area contributed by atoms with Crippen LogP contribution in [0.4, 0.5) is 0 Å². The van der Waals surface area contributed by atoms with Gasteiger partial charge in [0.2, 0.25) is 5.78 Å². The van der Waals surface area contributed by atoms with E-state index in [1.54, 1.807) is 12.1 Å². The van der Waals surface area contributed by atoms with Gasteiger partial charge in [-0.05, 0) is 56.2 Å². The number of benzene rings is 2. The first-order chi connectivity index (χ1) is 13.0. The Morgan fingerprint density at radius 2 is 1.81 bits per heavy atom. The second-order valence-corrected chi connectivity index (χ2v) is 6.67. The summed E-state index contributed by atoms with van der Waals surface area (Å²) in [5.74, 6) is 2.76. The highest BCUT2D eigenvalue weighted by atomic mass is 16.5. The standard InChI is InChI=1S/C23H20O4/c1-14-6-4-5-7-17(14)13-25-20-11-10-19-22(24)21(27-23(19)16(20)3)12-18-9-8-15(2)26-18/h4-12H,13H2,1-3H3/b21-12-. The molecule has 136 valence electrons. The number of carbonyl (C=O) groups is 1. The molecular formula is C23H20O4. The van der Waals surface area contributed by atoms with E-state index in [1.165, 1.54) is 5.56 Å². The molecule has 0 atom stereocenters. The molecule has 0 fully saturated rings. The molecule has 2 aromatic carbocycles. The molecule has 1 aromatic heterocycles. The molecule has 1 aliphatic heterocycles. The molecule has 27 heavy (non-hydrogen) atoms. The maximum Gasteiger partial charge on any atom is 0.232 e. The van der Waals surface area contributed by atoms with Gasteiger partial charge in [-0.1, -0.05) is 24.3 Å². The Morgan fingerprint density at radius 3 is 2.56 bits per heavy atom. The lowest BCUT2D eigenvalue weighted by Crippen LogP contribution is -2.00. The first kappa shape index (κ1) is 17.2. The molecule has 0 radical (unpaired) electrons. The van der Waals surface area contributed by atoms with Gasteiger partial charge in [-0.3, -0.25) is 4.79 Å². The van der Waals surface area contributed by atoms with Crippen LogP contribution in [0.2, 0.25) is 0 Å². The number of allylic oxidation sites excluding steroid dienone is 1. The van der Waals surface area contributed by atoms with Gasteiger partial charge >= 0.3 is 0 Å². The lowest BCUT2D eigenvalue weighted by atomic mass is 10.1. The van der Waals surface area contributed by atoms with E-state index in [9.17, 15) is 4.79 Å². The molecule has 0 N–H and O–H groups in total. The van der Waals surface area contributed by atoms with Crippen molar-refractivity contribution >= 4 is 11.9 Å². The van der Waals surface area contributed by atoms with Crippen molar-refractivity contribution in [3.05, 3.63) is 88.1 Å². The van der Waals surface area contributed by atoms with Gasteiger partial charge in [0.1, 0.15) is 29.6 Å². The zero-order valence-electron chi connectivity index (χ0n) is 15.5. The predicted molar refractivity (Wildman–Crippen MR) is 103 cm³/mol. The SMILES string of the molecule is Cc1ccc(/C=C2\Oc3c(ccc(OCc4ccccc4C)c3C)C2=O)o1. The van der Waals surface area contributed by atoms with E-state index in [4.69, 9.17) is 13.9 Å². The zero-order chi connectivity index (χ0) is 19.0. The maximum atomic E-state index is 12.6. The fourth-order valence-electron chi connectivity index (χ4n) is 3.11. The van der Waals surface area contributed by atoms with E-state index in [0.29, 0.717) is 29.4 Å². The Hall–Kier alpha value is -3.27. The Morgan fingerprint density at radius 1 is 1.00 bits per heavy atom. The van der Waals surface area contributed by atoms with E-state index in [2.05, 4.69) is 13.0 Å². The third kappa shape index (κ3) is 3.26. The molecule has 0 spiro atoms. The van der Waals surface area contributed by atoms with Gasteiger partial charge < -0.3 is 13.9 Å². The van der Waals surface area contributed by atoms with Gasteiger partial charge in [0.15, 0.2) is 5.76 Å². The normalized spacial score (nSPS) is 14.3. The van der Waals surface area contributed by atoms with E-state index in [-0.39, 0.29) is 11.5 Å². The van der Waals surface area contributed by atoms with E-state index in [1.807, 2.05) is 50.2 Å². The maximum absolute atomic E-state index is 12.6. The smallest absolute Gasteiger partial charge is 0.232 e. The fraction of sp³-hybridized carbons (Fsp3) is 0.174. The predicted octanol–water partition coefficient (Wildman–Crippen LogP) is 5.40. The molecule has 0 aliphatic carbocycles. The van der Waals surface area contributed by atoms with Crippen molar-refractivity contribution < 1.29 is 18.7 Å².